The van der Waals surface area contributed by atoms with E-state index in [2.05, 4.69) is 4.98 Å². The maximum absolute atomic E-state index is 13.2. The molecule has 7 heteroatoms. The Morgan fingerprint density at radius 3 is 2.79 bits per heavy atom. The van der Waals surface area contributed by atoms with E-state index in [0.717, 1.165) is 29.7 Å². The molecule has 0 saturated carbocycles. The van der Waals surface area contributed by atoms with Gasteiger partial charge in [-0.3, -0.25) is 9.59 Å². The van der Waals surface area contributed by atoms with Crippen molar-refractivity contribution in [1.29, 1.82) is 0 Å². The predicted octanol–water partition coefficient (Wildman–Crippen LogP) is 3.29. The van der Waals surface area contributed by atoms with Crippen molar-refractivity contribution in [2.75, 3.05) is 13.6 Å². The Morgan fingerprint density at radius 2 is 2.04 bits per heavy atom. The molecule has 0 aliphatic carbocycles. The lowest BCUT2D eigenvalue weighted by Gasteiger charge is -2.36. The van der Waals surface area contributed by atoms with Crippen LogP contribution in [0.5, 0.6) is 0 Å². The monoisotopic (exact) mass is 396 g/mol. The summed E-state index contributed by atoms with van der Waals surface area (Å²) in [5.74, 6) is 0.782. The topological polar surface area (TPSA) is 58.4 Å². The number of aromatic nitrogens is 2. The molecule has 1 aromatic carbocycles. The SMILES string of the molecule is CN(Cc1nc2ccccc2n1C)C(=O)C1CCCCN1C(=O)c1cccs1. The summed E-state index contributed by atoms with van der Waals surface area (Å²) in [6.07, 6.45) is 2.61. The first kappa shape index (κ1) is 18.7. The minimum Gasteiger partial charge on any atom is -0.336 e. The maximum Gasteiger partial charge on any atom is 0.264 e. The molecule has 0 bridgehead atoms. The second kappa shape index (κ2) is 7.75. The molecule has 1 saturated heterocycles. The molecule has 0 spiro atoms. The van der Waals surface area contributed by atoms with Crippen LogP contribution in [0.3, 0.4) is 0 Å². The molecule has 0 N–H and O–H groups in total. The first-order valence-electron chi connectivity index (χ1n) is 9.56. The van der Waals surface area contributed by atoms with Crippen LogP contribution in [0.1, 0.15) is 34.8 Å². The molecule has 28 heavy (non-hydrogen) atoms. The van der Waals surface area contributed by atoms with Crippen molar-refractivity contribution in [3.8, 4) is 0 Å². The number of likely N-dealkylation sites (tertiary alicyclic amines) is 1. The van der Waals surface area contributed by atoms with E-state index in [9.17, 15) is 9.59 Å². The summed E-state index contributed by atoms with van der Waals surface area (Å²) in [6, 6.07) is 11.2. The summed E-state index contributed by atoms with van der Waals surface area (Å²) in [5.41, 5.74) is 1.97. The van der Waals surface area contributed by atoms with Crippen LogP contribution in [-0.4, -0.2) is 50.8 Å². The van der Waals surface area contributed by atoms with Gasteiger partial charge in [0, 0.05) is 20.6 Å². The fourth-order valence-electron chi connectivity index (χ4n) is 3.85. The van der Waals surface area contributed by atoms with Crippen LogP contribution in [0.25, 0.3) is 11.0 Å². The second-order valence-electron chi connectivity index (χ2n) is 7.26. The Morgan fingerprint density at radius 1 is 1.21 bits per heavy atom. The summed E-state index contributed by atoms with van der Waals surface area (Å²) in [4.78, 5) is 34.9. The number of para-hydroxylation sites is 2. The highest BCUT2D eigenvalue weighted by atomic mass is 32.1. The van der Waals surface area contributed by atoms with Crippen molar-refractivity contribution in [3.63, 3.8) is 0 Å². The summed E-state index contributed by atoms with van der Waals surface area (Å²) in [6.45, 7) is 1.05. The number of carbonyl (C=O) groups is 2. The van der Waals surface area contributed by atoms with E-state index in [1.54, 1.807) is 16.8 Å². The van der Waals surface area contributed by atoms with Gasteiger partial charge in [0.1, 0.15) is 11.9 Å². The first-order chi connectivity index (χ1) is 13.6. The van der Waals surface area contributed by atoms with Gasteiger partial charge in [-0.05, 0) is 42.8 Å². The van der Waals surface area contributed by atoms with Crippen LogP contribution in [-0.2, 0) is 18.4 Å². The summed E-state index contributed by atoms with van der Waals surface area (Å²) >= 11 is 1.42. The number of benzene rings is 1. The number of amides is 2. The number of nitrogens with zero attached hydrogens (tertiary/aromatic N) is 4. The van der Waals surface area contributed by atoms with Crippen LogP contribution in [0.15, 0.2) is 41.8 Å². The normalized spacial score (nSPS) is 17.1. The number of carbonyl (C=O) groups excluding carboxylic acids is 2. The number of piperidine rings is 1. The third kappa shape index (κ3) is 3.42. The average molecular weight is 397 g/mol. The molecule has 1 aliphatic heterocycles. The van der Waals surface area contributed by atoms with E-state index in [4.69, 9.17) is 0 Å². The largest absolute Gasteiger partial charge is 0.336 e. The van der Waals surface area contributed by atoms with E-state index in [-0.39, 0.29) is 11.8 Å². The van der Waals surface area contributed by atoms with Crippen LogP contribution >= 0.6 is 11.3 Å². The number of imidazole rings is 1. The first-order valence-corrected chi connectivity index (χ1v) is 10.4. The molecule has 1 aliphatic rings. The number of thiophene rings is 1. The average Bonchev–Trinajstić information content (AvgIpc) is 3.36. The zero-order valence-electron chi connectivity index (χ0n) is 16.2. The zero-order chi connectivity index (χ0) is 19.7. The van der Waals surface area contributed by atoms with E-state index in [1.807, 2.05) is 53.4 Å². The van der Waals surface area contributed by atoms with E-state index in [0.29, 0.717) is 24.4 Å². The maximum atomic E-state index is 13.2. The standard InChI is InChI=1S/C21H24N4O2S/c1-23(14-19-22-15-8-3-4-9-16(15)24(19)2)20(26)17-10-5-6-12-25(17)21(27)18-11-7-13-28-18/h3-4,7-9,11,13,17H,5-6,10,12,14H2,1-2H3. The van der Waals surface area contributed by atoms with E-state index < -0.39 is 6.04 Å². The van der Waals surface area contributed by atoms with Crippen molar-refractivity contribution in [3.05, 3.63) is 52.5 Å². The van der Waals surface area contributed by atoms with Gasteiger partial charge in [0.15, 0.2) is 0 Å². The molecule has 0 radical (unpaired) electrons. The fourth-order valence-corrected chi connectivity index (χ4v) is 4.53. The van der Waals surface area contributed by atoms with Crippen molar-refractivity contribution in [1.82, 2.24) is 19.4 Å². The fraction of sp³-hybridized carbons (Fsp3) is 0.381. The Kier molecular flexibility index (Phi) is 5.17. The van der Waals surface area contributed by atoms with Crippen LogP contribution in [0, 0.1) is 0 Å². The second-order valence-corrected chi connectivity index (χ2v) is 8.21. The van der Waals surface area contributed by atoms with Gasteiger partial charge in [-0.25, -0.2) is 4.98 Å². The lowest BCUT2D eigenvalue weighted by atomic mass is 10.0. The Labute approximate surface area is 168 Å². The lowest BCUT2D eigenvalue weighted by molar-refractivity contribution is -0.136. The molecule has 1 fully saturated rings. The Balaban J connectivity index is 1.52. The molecular formula is C21H24N4O2S. The molecular weight excluding hydrogens is 372 g/mol. The number of fused-ring (bicyclic) bond motifs is 1. The van der Waals surface area contributed by atoms with Crippen LogP contribution in [0.4, 0.5) is 0 Å². The molecule has 4 rings (SSSR count). The number of rotatable bonds is 4. The van der Waals surface area contributed by atoms with Gasteiger partial charge in [0.2, 0.25) is 5.91 Å². The third-order valence-corrected chi connectivity index (χ3v) is 6.27. The van der Waals surface area contributed by atoms with Crippen molar-refractivity contribution in [2.24, 2.45) is 7.05 Å². The summed E-state index contributed by atoms with van der Waals surface area (Å²) in [7, 11) is 3.76. The highest BCUT2D eigenvalue weighted by Gasteiger charge is 2.34. The number of hydrogen-bond acceptors (Lipinski definition) is 4. The highest BCUT2D eigenvalue weighted by molar-refractivity contribution is 7.12. The molecule has 6 nitrogen and oxygen atoms in total. The minimum atomic E-state index is -0.400. The smallest absolute Gasteiger partial charge is 0.264 e. The zero-order valence-corrected chi connectivity index (χ0v) is 17.0. The van der Waals surface area contributed by atoms with Gasteiger partial charge < -0.3 is 14.4 Å². The molecule has 1 unspecified atom stereocenters. The Bertz CT molecular complexity index is 995. The molecule has 1 atom stereocenters. The summed E-state index contributed by atoms with van der Waals surface area (Å²) < 4.78 is 2.02. The molecule has 3 heterocycles. The van der Waals surface area contributed by atoms with Gasteiger partial charge in [-0.1, -0.05) is 18.2 Å². The highest BCUT2D eigenvalue weighted by Crippen LogP contribution is 2.24. The van der Waals surface area contributed by atoms with Gasteiger partial charge in [-0.15, -0.1) is 11.3 Å². The number of aryl methyl sites for hydroxylation is 1. The van der Waals surface area contributed by atoms with E-state index in [1.165, 1.54) is 11.3 Å². The van der Waals surface area contributed by atoms with Crippen molar-refractivity contribution in [2.45, 2.75) is 31.8 Å². The number of hydrogen-bond donors (Lipinski definition) is 0. The van der Waals surface area contributed by atoms with E-state index >= 15 is 0 Å². The van der Waals surface area contributed by atoms with Crippen molar-refractivity contribution < 1.29 is 9.59 Å². The predicted molar refractivity (Wildman–Crippen MR) is 110 cm³/mol. The number of likely N-dealkylation sites (N-methyl/N-ethyl adjacent to an activating group) is 1. The van der Waals surface area contributed by atoms with Gasteiger partial charge in [-0.2, -0.15) is 0 Å². The van der Waals surface area contributed by atoms with Crippen molar-refractivity contribution >= 4 is 34.2 Å². The van der Waals surface area contributed by atoms with Gasteiger partial charge >= 0.3 is 0 Å². The molecule has 2 aromatic heterocycles. The molecule has 2 amide bonds. The quantitative estimate of drug-likeness (QED) is 0.680. The van der Waals surface area contributed by atoms with Gasteiger partial charge in [0.05, 0.1) is 22.5 Å². The minimum absolute atomic E-state index is 0.0170. The molecule has 3 aromatic rings. The third-order valence-electron chi connectivity index (χ3n) is 5.42. The Hall–Kier alpha value is -2.67. The van der Waals surface area contributed by atoms with Crippen LogP contribution < -0.4 is 0 Å². The summed E-state index contributed by atoms with van der Waals surface area (Å²) in [5, 5.41) is 1.89. The molecule has 146 valence electrons. The lowest BCUT2D eigenvalue weighted by Crippen LogP contribution is -2.52. The van der Waals surface area contributed by atoms with Gasteiger partial charge in [0.25, 0.3) is 5.91 Å². The van der Waals surface area contributed by atoms with Crippen LogP contribution in [0.2, 0.25) is 0 Å².